The minimum absolute atomic E-state index is 0.0368. The lowest BCUT2D eigenvalue weighted by molar-refractivity contribution is -0.00590. The van der Waals surface area contributed by atoms with Gasteiger partial charge in [0.25, 0.3) is 0 Å². The van der Waals surface area contributed by atoms with Crippen LogP contribution in [0.4, 0.5) is 4.39 Å². The Morgan fingerprint density at radius 2 is 1.26 bits per heavy atom. The van der Waals surface area contributed by atoms with Crippen molar-refractivity contribution in [1.29, 1.82) is 5.26 Å². The molecule has 1 aliphatic heterocycles. The van der Waals surface area contributed by atoms with E-state index in [1.165, 1.54) is 25.3 Å². The molecule has 4 aliphatic rings. The third kappa shape index (κ3) is 9.89. The van der Waals surface area contributed by atoms with Gasteiger partial charge in [-0.05, 0) is 140 Å². The molecule has 3 aliphatic carbocycles. The topological polar surface area (TPSA) is 206 Å². The van der Waals surface area contributed by atoms with Gasteiger partial charge in [0.05, 0.1) is 66.1 Å². The molecular formula is C62H58FN17O. The summed E-state index contributed by atoms with van der Waals surface area (Å²) in [5, 5.41) is 45.2. The van der Waals surface area contributed by atoms with E-state index in [4.69, 9.17) is 45.1 Å². The molecule has 19 heteroatoms. The van der Waals surface area contributed by atoms with Crippen LogP contribution in [0.5, 0.6) is 0 Å². The maximum atomic E-state index is 15.6. The van der Waals surface area contributed by atoms with E-state index in [2.05, 4.69) is 77.1 Å². The van der Waals surface area contributed by atoms with Crippen LogP contribution in [0.15, 0.2) is 116 Å². The standard InChI is InChI=1S/C62H58FN17O/c1-35-8-14-45(28-65-44-6-5-7-44)70-58(35)42-27-69-80(31-42)57-22-40(48-16-10-37(25-64)18-51(48)60-74-67-34-77(60)3)20-55(73-57)50-24-53(50)62-76-75-61(78(62)4)52-23-43(63)13-17-49(52)39-19-54(38-11-12-38)72-56(21-39)79-30-41(26-68-79)59-36(2)9-15-46(71-59)29-66-47-32-81-33-47/h8-10,13-23,26-27,30-31,34,38,44,47,50,53,65-66H,5-7,11-12,24,28-29,32-33H2,1-4H3. The summed E-state index contributed by atoms with van der Waals surface area (Å²) in [6.07, 6.45) is 15.8. The van der Waals surface area contributed by atoms with Gasteiger partial charge in [0, 0.05) is 97.0 Å². The number of rotatable bonds is 17. The number of halogens is 1. The van der Waals surface area contributed by atoms with Gasteiger partial charge in [-0.1, -0.05) is 30.7 Å². The third-order valence-electron chi connectivity index (χ3n) is 16.4. The maximum absolute atomic E-state index is 15.6. The van der Waals surface area contributed by atoms with Crippen LogP contribution in [0.2, 0.25) is 0 Å². The first-order valence-corrected chi connectivity index (χ1v) is 27.8. The van der Waals surface area contributed by atoms with Crippen LogP contribution >= 0.6 is 0 Å². The number of aromatic nitrogens is 14. The zero-order valence-electron chi connectivity index (χ0n) is 45.4. The molecule has 3 saturated carbocycles. The van der Waals surface area contributed by atoms with Crippen LogP contribution in [0.1, 0.15) is 102 Å². The second kappa shape index (κ2) is 20.6. The zero-order valence-corrected chi connectivity index (χ0v) is 45.4. The molecule has 4 fully saturated rings. The molecule has 2 atom stereocenters. The third-order valence-corrected chi connectivity index (χ3v) is 16.4. The van der Waals surface area contributed by atoms with Crippen molar-refractivity contribution in [3.05, 3.63) is 167 Å². The van der Waals surface area contributed by atoms with Gasteiger partial charge in [0.2, 0.25) is 0 Å². The summed E-state index contributed by atoms with van der Waals surface area (Å²) in [6.45, 7) is 6.93. The average Bonchev–Trinajstić information content (AvgIpc) is 4.42. The normalized spacial score (nSPS) is 17.0. The fourth-order valence-corrected chi connectivity index (χ4v) is 11.2. The summed E-state index contributed by atoms with van der Waals surface area (Å²) in [6, 6.07) is 30.4. The summed E-state index contributed by atoms with van der Waals surface area (Å²) in [5.74, 6) is 3.08. The lowest BCUT2D eigenvalue weighted by Gasteiger charge is -2.26. The number of benzene rings is 2. The molecule has 10 aromatic rings. The molecule has 9 heterocycles. The molecule has 0 spiro atoms. The van der Waals surface area contributed by atoms with E-state index in [-0.39, 0.29) is 17.7 Å². The highest BCUT2D eigenvalue weighted by Crippen LogP contribution is 2.55. The number of nitrogens with one attached hydrogen (secondary N) is 2. The Balaban J connectivity index is 0.793. The molecule has 18 nitrogen and oxygen atoms in total. The van der Waals surface area contributed by atoms with E-state index in [0.717, 1.165) is 123 Å². The van der Waals surface area contributed by atoms with Crippen molar-refractivity contribution >= 4 is 0 Å². The molecule has 2 aromatic carbocycles. The summed E-state index contributed by atoms with van der Waals surface area (Å²) in [4.78, 5) is 20.6. The Bertz CT molecular complexity index is 4100. The van der Waals surface area contributed by atoms with Crippen LogP contribution in [-0.2, 0) is 31.9 Å². The lowest BCUT2D eigenvalue weighted by Crippen LogP contribution is -2.45. The van der Waals surface area contributed by atoms with E-state index in [1.54, 1.807) is 12.4 Å². The number of pyridine rings is 4. The second-order valence-corrected chi connectivity index (χ2v) is 22.2. The van der Waals surface area contributed by atoms with Gasteiger partial charge < -0.3 is 24.5 Å². The summed E-state index contributed by atoms with van der Waals surface area (Å²) in [5.41, 5.74) is 14.7. The van der Waals surface area contributed by atoms with Crippen molar-refractivity contribution < 1.29 is 9.13 Å². The van der Waals surface area contributed by atoms with Gasteiger partial charge in [-0.15, -0.1) is 20.4 Å². The van der Waals surface area contributed by atoms with E-state index < -0.39 is 0 Å². The van der Waals surface area contributed by atoms with E-state index in [1.807, 2.05) is 93.8 Å². The Kier molecular flexibility index (Phi) is 12.8. The first-order chi connectivity index (χ1) is 39.6. The van der Waals surface area contributed by atoms with E-state index in [9.17, 15) is 5.26 Å². The molecule has 1 saturated heterocycles. The van der Waals surface area contributed by atoms with Crippen LogP contribution in [0.25, 0.3) is 79.2 Å². The summed E-state index contributed by atoms with van der Waals surface area (Å²) in [7, 11) is 3.84. The van der Waals surface area contributed by atoms with Crippen molar-refractivity contribution in [3.63, 3.8) is 0 Å². The number of aryl methyl sites for hydroxylation is 3. The number of hydrogen-bond donors (Lipinski definition) is 2. The molecule has 404 valence electrons. The van der Waals surface area contributed by atoms with Crippen molar-refractivity contribution in [2.45, 2.75) is 95.3 Å². The molecule has 2 N–H and O–H groups in total. The first kappa shape index (κ1) is 50.3. The van der Waals surface area contributed by atoms with Crippen molar-refractivity contribution in [3.8, 4) is 85.2 Å². The average molecular weight is 1080 g/mol. The fourth-order valence-electron chi connectivity index (χ4n) is 11.2. The molecule has 2 unspecified atom stereocenters. The van der Waals surface area contributed by atoms with Crippen LogP contribution in [0.3, 0.4) is 0 Å². The summed E-state index contributed by atoms with van der Waals surface area (Å²) < 4.78 is 28.4. The van der Waals surface area contributed by atoms with Gasteiger partial charge in [-0.2, -0.15) is 15.5 Å². The Hall–Kier alpha value is -8.96. The van der Waals surface area contributed by atoms with E-state index >= 15 is 4.39 Å². The highest BCUT2D eigenvalue weighted by molar-refractivity contribution is 5.84. The molecule has 0 radical (unpaired) electrons. The molecule has 14 rings (SSSR count). The second-order valence-electron chi connectivity index (χ2n) is 22.2. The van der Waals surface area contributed by atoms with Crippen molar-refractivity contribution in [2.24, 2.45) is 14.1 Å². The SMILES string of the molecule is Cc1ccc(CNC2CCC2)nc1-c1cnn(-c2cc(-c3ccc(C#N)cc3-c3nncn3C)cc(C3CC3c3nnc(-c4cc(F)ccc4-c4cc(C5CC5)nc(-n5cc(-c6nc(CNC7COC7)ccc6C)cn5)c4)n3C)n2)c1. The molecule has 0 amide bonds. The molecule has 81 heavy (non-hydrogen) atoms. The number of nitriles is 1. The predicted octanol–water partition coefficient (Wildman–Crippen LogP) is 9.80. The van der Waals surface area contributed by atoms with Crippen LogP contribution in [0, 0.1) is 31.0 Å². The molecular weight excluding hydrogens is 1020 g/mol. The summed E-state index contributed by atoms with van der Waals surface area (Å²) >= 11 is 0. The quantitative estimate of drug-likeness (QED) is 0.0871. The van der Waals surface area contributed by atoms with Gasteiger partial charge in [-0.3, -0.25) is 9.97 Å². The van der Waals surface area contributed by atoms with Gasteiger partial charge >= 0.3 is 0 Å². The molecule has 0 bridgehead atoms. The highest BCUT2D eigenvalue weighted by atomic mass is 19.1. The number of nitrogens with zero attached hydrogens (tertiary/aromatic N) is 15. The van der Waals surface area contributed by atoms with Crippen molar-refractivity contribution in [2.75, 3.05) is 13.2 Å². The number of hydrogen-bond acceptors (Lipinski definition) is 14. The van der Waals surface area contributed by atoms with Crippen LogP contribution < -0.4 is 10.6 Å². The number of ether oxygens (including phenoxy) is 1. The van der Waals surface area contributed by atoms with Crippen LogP contribution in [-0.4, -0.2) is 94.3 Å². The minimum atomic E-state index is -0.379. The maximum Gasteiger partial charge on any atom is 0.164 e. The Morgan fingerprint density at radius 1 is 0.630 bits per heavy atom. The molecule has 8 aromatic heterocycles. The van der Waals surface area contributed by atoms with Gasteiger partial charge in [0.1, 0.15) is 18.0 Å². The van der Waals surface area contributed by atoms with Gasteiger partial charge in [-0.25, -0.2) is 23.7 Å². The largest absolute Gasteiger partial charge is 0.378 e. The van der Waals surface area contributed by atoms with Gasteiger partial charge in [0.15, 0.2) is 23.3 Å². The monoisotopic (exact) mass is 1080 g/mol. The highest BCUT2D eigenvalue weighted by Gasteiger charge is 2.45. The first-order valence-electron chi connectivity index (χ1n) is 27.8. The Morgan fingerprint density at radius 3 is 1.85 bits per heavy atom. The minimum Gasteiger partial charge on any atom is -0.378 e. The zero-order chi connectivity index (χ0) is 54.9. The fraction of sp³-hybridized carbons (Fsp3) is 0.306. The Labute approximate surface area is 467 Å². The lowest BCUT2D eigenvalue weighted by atomic mass is 9.93. The van der Waals surface area contributed by atoms with E-state index in [0.29, 0.717) is 65.5 Å². The smallest absolute Gasteiger partial charge is 0.164 e. The predicted molar refractivity (Wildman–Crippen MR) is 302 cm³/mol. The van der Waals surface area contributed by atoms with Crippen molar-refractivity contribution in [1.82, 2.24) is 79.7 Å².